The van der Waals surface area contributed by atoms with Crippen molar-refractivity contribution in [3.8, 4) is 0 Å². The number of hydrogen-bond acceptors (Lipinski definition) is 5. The van der Waals surface area contributed by atoms with Crippen molar-refractivity contribution >= 4 is 15.9 Å². The van der Waals surface area contributed by atoms with Crippen LogP contribution in [0.4, 0.5) is 4.39 Å². The molecule has 0 bridgehead atoms. The molecule has 0 spiro atoms. The second-order valence-corrected chi connectivity index (χ2v) is 10.6. The van der Waals surface area contributed by atoms with Crippen molar-refractivity contribution in [1.82, 2.24) is 9.21 Å². The van der Waals surface area contributed by atoms with E-state index in [4.69, 9.17) is 9.15 Å². The molecule has 1 atom stereocenters. The van der Waals surface area contributed by atoms with Crippen LogP contribution in [0, 0.1) is 12.7 Å². The van der Waals surface area contributed by atoms with Gasteiger partial charge in [0.05, 0.1) is 30.4 Å². The first-order valence-corrected chi connectivity index (χ1v) is 13.0. The number of amides is 1. The van der Waals surface area contributed by atoms with Crippen molar-refractivity contribution < 1.29 is 26.8 Å². The molecule has 3 aromatic rings. The van der Waals surface area contributed by atoms with Crippen molar-refractivity contribution in [3.05, 3.63) is 89.6 Å². The Morgan fingerprint density at radius 2 is 1.80 bits per heavy atom. The summed E-state index contributed by atoms with van der Waals surface area (Å²) in [5.74, 6) is -0.198. The molecule has 0 radical (unpaired) electrons. The van der Waals surface area contributed by atoms with E-state index in [-0.39, 0.29) is 48.9 Å². The molecule has 9 heteroatoms. The van der Waals surface area contributed by atoms with Gasteiger partial charge in [-0.2, -0.15) is 4.31 Å². The number of benzene rings is 2. The lowest BCUT2D eigenvalue weighted by Gasteiger charge is -2.28. The molecule has 186 valence electrons. The summed E-state index contributed by atoms with van der Waals surface area (Å²) >= 11 is 0. The van der Waals surface area contributed by atoms with Gasteiger partial charge in [-0.15, -0.1) is 0 Å². The SMILES string of the molecule is Cc1ccc(S(=O)(=O)N(CC(=O)N(Cc2ccc(F)cc2)Cc2ccco2)C[C@H]2CCCO2)cc1. The molecule has 1 saturated heterocycles. The van der Waals surface area contributed by atoms with E-state index in [1.165, 1.54) is 27.6 Å². The van der Waals surface area contributed by atoms with E-state index in [1.54, 1.807) is 48.5 Å². The normalized spacial score (nSPS) is 16.0. The van der Waals surface area contributed by atoms with Gasteiger partial charge in [-0.25, -0.2) is 12.8 Å². The third-order valence-electron chi connectivity index (χ3n) is 5.97. The lowest BCUT2D eigenvalue weighted by molar-refractivity contribution is -0.133. The van der Waals surface area contributed by atoms with Crippen LogP contribution in [0.25, 0.3) is 0 Å². The molecule has 1 aliphatic rings. The molecule has 0 N–H and O–H groups in total. The predicted octanol–water partition coefficient (Wildman–Crippen LogP) is 4.13. The molecule has 35 heavy (non-hydrogen) atoms. The maximum absolute atomic E-state index is 13.5. The summed E-state index contributed by atoms with van der Waals surface area (Å²) in [6.45, 7) is 2.53. The highest BCUT2D eigenvalue weighted by Gasteiger charge is 2.32. The van der Waals surface area contributed by atoms with E-state index < -0.39 is 10.0 Å². The third-order valence-corrected chi connectivity index (χ3v) is 7.79. The van der Waals surface area contributed by atoms with E-state index >= 15 is 0 Å². The van der Waals surface area contributed by atoms with Crippen LogP contribution < -0.4 is 0 Å². The molecular weight excluding hydrogens is 471 g/mol. The molecule has 1 aliphatic heterocycles. The fourth-order valence-corrected chi connectivity index (χ4v) is 5.43. The topological polar surface area (TPSA) is 80.1 Å². The van der Waals surface area contributed by atoms with Gasteiger partial charge in [-0.05, 0) is 61.7 Å². The Balaban J connectivity index is 1.59. The number of carbonyl (C=O) groups is 1. The Morgan fingerprint density at radius 1 is 1.06 bits per heavy atom. The van der Waals surface area contributed by atoms with Gasteiger partial charge in [0, 0.05) is 19.7 Å². The standard InChI is InChI=1S/C26H29FN2O5S/c1-20-6-12-25(13-7-20)35(31,32)29(18-24-5-3-15-34-24)19-26(30)28(17-23-4-2-14-33-23)16-21-8-10-22(27)11-9-21/h2,4,6-14,24H,3,5,15-19H2,1H3/t24-/m1/s1. The highest BCUT2D eigenvalue weighted by molar-refractivity contribution is 7.89. The van der Waals surface area contributed by atoms with Crippen LogP contribution in [0.1, 0.15) is 29.7 Å². The fourth-order valence-electron chi connectivity index (χ4n) is 4.01. The second kappa shape index (κ2) is 11.2. The first-order chi connectivity index (χ1) is 16.8. The molecule has 1 aromatic heterocycles. The number of carbonyl (C=O) groups excluding carboxylic acids is 1. The van der Waals surface area contributed by atoms with Crippen LogP contribution in [-0.4, -0.2) is 49.3 Å². The van der Waals surface area contributed by atoms with Crippen molar-refractivity contribution in [2.24, 2.45) is 0 Å². The number of rotatable bonds is 10. The first kappa shape index (κ1) is 25.1. The number of hydrogen-bond donors (Lipinski definition) is 0. The van der Waals surface area contributed by atoms with Crippen LogP contribution in [0.2, 0.25) is 0 Å². The van der Waals surface area contributed by atoms with Crippen molar-refractivity contribution in [2.45, 2.75) is 43.9 Å². The smallest absolute Gasteiger partial charge is 0.243 e. The number of sulfonamides is 1. The summed E-state index contributed by atoms with van der Waals surface area (Å²) in [6, 6.07) is 15.9. The van der Waals surface area contributed by atoms with Gasteiger partial charge >= 0.3 is 0 Å². The number of halogens is 1. The summed E-state index contributed by atoms with van der Waals surface area (Å²) in [5, 5.41) is 0. The van der Waals surface area contributed by atoms with E-state index in [9.17, 15) is 17.6 Å². The molecule has 7 nitrogen and oxygen atoms in total. The Bertz CT molecular complexity index is 1210. The van der Waals surface area contributed by atoms with E-state index in [0.29, 0.717) is 12.4 Å². The van der Waals surface area contributed by atoms with Crippen LogP contribution in [0.15, 0.2) is 76.2 Å². The van der Waals surface area contributed by atoms with Gasteiger partial charge in [-0.1, -0.05) is 29.8 Å². The van der Waals surface area contributed by atoms with Crippen molar-refractivity contribution in [2.75, 3.05) is 19.7 Å². The minimum atomic E-state index is -3.94. The quantitative estimate of drug-likeness (QED) is 0.418. The average molecular weight is 501 g/mol. The van der Waals surface area contributed by atoms with E-state index in [1.807, 2.05) is 6.92 Å². The minimum absolute atomic E-state index is 0.0904. The Labute approximate surface area is 205 Å². The Morgan fingerprint density at radius 3 is 2.43 bits per heavy atom. The van der Waals surface area contributed by atoms with Crippen molar-refractivity contribution in [1.29, 1.82) is 0 Å². The number of ether oxygens (including phenoxy) is 1. The summed E-state index contributed by atoms with van der Waals surface area (Å²) in [4.78, 5) is 15.2. The molecule has 1 amide bonds. The molecular formula is C26H29FN2O5S. The maximum Gasteiger partial charge on any atom is 0.243 e. The van der Waals surface area contributed by atoms with Gasteiger partial charge in [0.2, 0.25) is 15.9 Å². The number of furan rings is 1. The third kappa shape index (κ3) is 6.56. The van der Waals surface area contributed by atoms with Crippen molar-refractivity contribution in [3.63, 3.8) is 0 Å². The fraction of sp³-hybridized carbons (Fsp3) is 0.346. The summed E-state index contributed by atoms with van der Waals surface area (Å²) in [6.07, 6.45) is 2.84. The van der Waals surface area contributed by atoms with E-state index in [0.717, 1.165) is 24.0 Å². The van der Waals surface area contributed by atoms with Gasteiger partial charge in [0.15, 0.2) is 0 Å². The Hall–Kier alpha value is -3.01. The van der Waals surface area contributed by atoms with Crippen LogP contribution in [0.3, 0.4) is 0 Å². The van der Waals surface area contributed by atoms with Gasteiger partial charge in [0.25, 0.3) is 0 Å². The lowest BCUT2D eigenvalue weighted by atomic mass is 10.2. The molecule has 2 aromatic carbocycles. The largest absolute Gasteiger partial charge is 0.467 e. The molecule has 0 aliphatic carbocycles. The highest BCUT2D eigenvalue weighted by atomic mass is 32.2. The molecule has 4 rings (SSSR count). The molecule has 1 fully saturated rings. The lowest BCUT2D eigenvalue weighted by Crippen LogP contribution is -2.45. The Kier molecular flexibility index (Phi) is 8.00. The molecule has 0 saturated carbocycles. The number of aryl methyl sites for hydroxylation is 1. The van der Waals surface area contributed by atoms with E-state index in [2.05, 4.69) is 0 Å². The predicted molar refractivity (Wildman–Crippen MR) is 128 cm³/mol. The van der Waals surface area contributed by atoms with Crippen LogP contribution >= 0.6 is 0 Å². The summed E-state index contributed by atoms with van der Waals surface area (Å²) in [7, 11) is -3.94. The summed E-state index contributed by atoms with van der Waals surface area (Å²) in [5.41, 5.74) is 1.66. The van der Waals surface area contributed by atoms with Gasteiger partial charge < -0.3 is 14.1 Å². The summed E-state index contributed by atoms with van der Waals surface area (Å²) < 4.78 is 52.8. The zero-order valence-electron chi connectivity index (χ0n) is 19.6. The van der Waals surface area contributed by atoms with Gasteiger partial charge in [0.1, 0.15) is 11.6 Å². The zero-order chi connectivity index (χ0) is 24.8. The van der Waals surface area contributed by atoms with Crippen LogP contribution in [-0.2, 0) is 32.6 Å². The first-order valence-electron chi connectivity index (χ1n) is 11.5. The maximum atomic E-state index is 13.5. The minimum Gasteiger partial charge on any atom is -0.467 e. The van der Waals surface area contributed by atoms with Gasteiger partial charge in [-0.3, -0.25) is 4.79 Å². The second-order valence-electron chi connectivity index (χ2n) is 8.70. The average Bonchev–Trinajstić information content (AvgIpc) is 3.54. The number of nitrogens with zero attached hydrogens (tertiary/aromatic N) is 2. The molecule has 2 heterocycles. The monoisotopic (exact) mass is 500 g/mol. The van der Waals surface area contributed by atoms with Crippen LogP contribution in [0.5, 0.6) is 0 Å². The zero-order valence-corrected chi connectivity index (χ0v) is 20.4. The molecule has 0 unspecified atom stereocenters. The highest BCUT2D eigenvalue weighted by Crippen LogP contribution is 2.22.